The molecule has 0 unspecified atom stereocenters. The predicted molar refractivity (Wildman–Crippen MR) is 94.9 cm³/mol. The van der Waals surface area contributed by atoms with Gasteiger partial charge in [0.1, 0.15) is 18.9 Å². The number of ether oxygens (including phenoxy) is 2. The Labute approximate surface area is 141 Å². The lowest BCUT2D eigenvalue weighted by Gasteiger charge is -2.14. The largest absolute Gasteiger partial charge is 0.487 e. The van der Waals surface area contributed by atoms with Crippen molar-refractivity contribution in [3.8, 4) is 5.75 Å². The zero-order valence-corrected chi connectivity index (χ0v) is 14.2. The van der Waals surface area contributed by atoms with Gasteiger partial charge in [-0.1, -0.05) is 36.4 Å². The van der Waals surface area contributed by atoms with Crippen LogP contribution in [0.25, 0.3) is 0 Å². The van der Waals surface area contributed by atoms with Gasteiger partial charge in [0.25, 0.3) is 0 Å². The Morgan fingerprint density at radius 2 is 1.91 bits per heavy atom. The number of thioether (sulfide) groups is 1. The SMILES string of the molecule is COC(=O)CNc1ccc(CSC)cc1OCc1ccccc1. The molecule has 1 N–H and O–H groups in total. The summed E-state index contributed by atoms with van der Waals surface area (Å²) in [4.78, 5) is 11.3. The molecule has 0 aromatic heterocycles. The lowest BCUT2D eigenvalue weighted by Crippen LogP contribution is -2.15. The van der Waals surface area contributed by atoms with E-state index in [-0.39, 0.29) is 12.5 Å². The van der Waals surface area contributed by atoms with E-state index >= 15 is 0 Å². The first kappa shape index (κ1) is 17.2. The van der Waals surface area contributed by atoms with E-state index in [0.29, 0.717) is 6.61 Å². The molecule has 0 bridgehead atoms. The van der Waals surface area contributed by atoms with Gasteiger partial charge >= 0.3 is 5.97 Å². The van der Waals surface area contributed by atoms with Crippen LogP contribution in [0.3, 0.4) is 0 Å². The molecule has 0 aliphatic carbocycles. The minimum absolute atomic E-state index is 0.111. The van der Waals surface area contributed by atoms with E-state index in [2.05, 4.69) is 16.3 Å². The molecule has 0 saturated carbocycles. The average Bonchev–Trinajstić information content (AvgIpc) is 2.60. The maximum atomic E-state index is 11.3. The number of carbonyl (C=O) groups is 1. The lowest BCUT2D eigenvalue weighted by atomic mass is 10.2. The molecule has 0 amide bonds. The van der Waals surface area contributed by atoms with Crippen LogP contribution in [-0.2, 0) is 21.9 Å². The van der Waals surface area contributed by atoms with Crippen molar-refractivity contribution in [1.82, 2.24) is 0 Å². The van der Waals surface area contributed by atoms with Crippen LogP contribution in [0.2, 0.25) is 0 Å². The summed E-state index contributed by atoms with van der Waals surface area (Å²) in [7, 11) is 1.37. The first-order chi connectivity index (χ1) is 11.2. The highest BCUT2D eigenvalue weighted by Crippen LogP contribution is 2.28. The minimum Gasteiger partial charge on any atom is -0.487 e. The van der Waals surface area contributed by atoms with Gasteiger partial charge in [-0.3, -0.25) is 4.79 Å². The van der Waals surface area contributed by atoms with Crippen molar-refractivity contribution in [3.63, 3.8) is 0 Å². The second-order valence-electron chi connectivity index (χ2n) is 4.97. The normalized spacial score (nSPS) is 10.2. The van der Waals surface area contributed by atoms with Crippen molar-refractivity contribution < 1.29 is 14.3 Å². The van der Waals surface area contributed by atoms with Crippen LogP contribution in [-0.4, -0.2) is 25.9 Å². The molecule has 0 aliphatic heterocycles. The van der Waals surface area contributed by atoms with Gasteiger partial charge in [-0.15, -0.1) is 0 Å². The van der Waals surface area contributed by atoms with Gasteiger partial charge < -0.3 is 14.8 Å². The number of carbonyl (C=O) groups excluding carboxylic acids is 1. The number of benzene rings is 2. The Morgan fingerprint density at radius 1 is 1.13 bits per heavy atom. The van der Waals surface area contributed by atoms with Crippen molar-refractivity contribution in [2.24, 2.45) is 0 Å². The third kappa shape index (κ3) is 5.53. The summed E-state index contributed by atoms with van der Waals surface area (Å²) in [5.74, 6) is 1.34. The summed E-state index contributed by atoms with van der Waals surface area (Å²) >= 11 is 1.76. The Bertz CT molecular complexity index is 631. The Kier molecular flexibility index (Phi) is 6.81. The lowest BCUT2D eigenvalue weighted by molar-refractivity contribution is -0.138. The number of esters is 1. The second kappa shape index (κ2) is 9.10. The number of methoxy groups -OCH3 is 1. The summed E-state index contributed by atoms with van der Waals surface area (Å²) in [6, 6.07) is 16.0. The first-order valence-electron chi connectivity index (χ1n) is 7.32. The molecule has 0 heterocycles. The van der Waals surface area contributed by atoms with Gasteiger partial charge in [0.15, 0.2) is 0 Å². The fourth-order valence-corrected chi connectivity index (χ4v) is 2.58. The average molecular weight is 331 g/mol. The van der Waals surface area contributed by atoms with Gasteiger partial charge in [-0.05, 0) is 29.5 Å². The first-order valence-corrected chi connectivity index (χ1v) is 8.71. The summed E-state index contributed by atoms with van der Waals surface area (Å²) in [5, 5.41) is 3.06. The second-order valence-corrected chi connectivity index (χ2v) is 5.83. The van der Waals surface area contributed by atoms with Crippen molar-refractivity contribution in [2.45, 2.75) is 12.4 Å². The molecule has 0 spiro atoms. The maximum Gasteiger partial charge on any atom is 0.325 e. The molecular formula is C18H21NO3S. The van der Waals surface area contributed by atoms with Crippen LogP contribution >= 0.6 is 11.8 Å². The summed E-state index contributed by atoms with van der Waals surface area (Å²) in [6.45, 7) is 0.594. The smallest absolute Gasteiger partial charge is 0.325 e. The number of hydrogen-bond acceptors (Lipinski definition) is 5. The van der Waals surface area contributed by atoms with E-state index in [1.54, 1.807) is 11.8 Å². The van der Waals surface area contributed by atoms with E-state index in [9.17, 15) is 4.79 Å². The van der Waals surface area contributed by atoms with Crippen molar-refractivity contribution >= 4 is 23.4 Å². The molecule has 2 aromatic rings. The summed E-state index contributed by atoms with van der Waals surface area (Å²) < 4.78 is 10.6. The van der Waals surface area contributed by atoms with Crippen LogP contribution in [0.4, 0.5) is 5.69 Å². The van der Waals surface area contributed by atoms with Gasteiger partial charge in [0.05, 0.1) is 12.8 Å². The number of nitrogens with one attached hydrogen (secondary N) is 1. The van der Waals surface area contributed by atoms with E-state index in [0.717, 1.165) is 22.8 Å². The number of hydrogen-bond donors (Lipinski definition) is 1. The van der Waals surface area contributed by atoms with Crippen molar-refractivity contribution in [3.05, 3.63) is 59.7 Å². The fraction of sp³-hybridized carbons (Fsp3) is 0.278. The standard InChI is InChI=1S/C18H21NO3S/c1-21-18(20)11-19-16-9-8-15(13-23-2)10-17(16)22-12-14-6-4-3-5-7-14/h3-10,19H,11-13H2,1-2H3. The van der Waals surface area contributed by atoms with Crippen LogP contribution in [0.1, 0.15) is 11.1 Å². The van der Waals surface area contributed by atoms with Crippen molar-refractivity contribution in [1.29, 1.82) is 0 Å². The molecule has 0 saturated heterocycles. The quantitative estimate of drug-likeness (QED) is 0.747. The topological polar surface area (TPSA) is 47.6 Å². The summed E-state index contributed by atoms with van der Waals surface area (Å²) in [6.07, 6.45) is 2.06. The van der Waals surface area contributed by atoms with Gasteiger partial charge in [0, 0.05) is 5.75 Å². The molecule has 0 atom stereocenters. The molecule has 23 heavy (non-hydrogen) atoms. The summed E-state index contributed by atoms with van der Waals surface area (Å²) in [5.41, 5.74) is 3.07. The third-order valence-electron chi connectivity index (χ3n) is 3.25. The Morgan fingerprint density at radius 3 is 2.61 bits per heavy atom. The molecule has 122 valence electrons. The molecule has 2 aromatic carbocycles. The monoisotopic (exact) mass is 331 g/mol. The third-order valence-corrected chi connectivity index (χ3v) is 3.87. The van der Waals surface area contributed by atoms with Crippen LogP contribution in [0.15, 0.2) is 48.5 Å². The van der Waals surface area contributed by atoms with Crippen LogP contribution < -0.4 is 10.1 Å². The fourth-order valence-electron chi connectivity index (χ4n) is 2.06. The van der Waals surface area contributed by atoms with E-state index in [4.69, 9.17) is 4.74 Å². The molecule has 0 fully saturated rings. The zero-order valence-electron chi connectivity index (χ0n) is 13.4. The number of anilines is 1. The molecule has 4 nitrogen and oxygen atoms in total. The van der Waals surface area contributed by atoms with Gasteiger partial charge in [-0.2, -0.15) is 11.8 Å². The highest BCUT2D eigenvalue weighted by molar-refractivity contribution is 7.97. The Hall–Kier alpha value is -2.14. The van der Waals surface area contributed by atoms with Gasteiger partial charge in [0.2, 0.25) is 0 Å². The molecule has 0 radical (unpaired) electrons. The molecular weight excluding hydrogens is 310 g/mol. The van der Waals surface area contributed by atoms with E-state index in [1.165, 1.54) is 12.7 Å². The van der Waals surface area contributed by atoms with Crippen molar-refractivity contribution in [2.75, 3.05) is 25.2 Å². The zero-order chi connectivity index (χ0) is 16.5. The maximum absolute atomic E-state index is 11.3. The molecule has 0 aliphatic rings. The minimum atomic E-state index is -0.313. The predicted octanol–water partition coefficient (Wildman–Crippen LogP) is 3.71. The van der Waals surface area contributed by atoms with Crippen LogP contribution in [0.5, 0.6) is 5.75 Å². The molecule has 2 rings (SSSR count). The number of rotatable bonds is 8. The highest BCUT2D eigenvalue weighted by atomic mass is 32.2. The Balaban J connectivity index is 2.11. The van der Waals surface area contributed by atoms with E-state index < -0.39 is 0 Å². The van der Waals surface area contributed by atoms with Crippen LogP contribution in [0, 0.1) is 0 Å². The highest BCUT2D eigenvalue weighted by Gasteiger charge is 2.08. The van der Waals surface area contributed by atoms with Gasteiger partial charge in [-0.25, -0.2) is 0 Å². The molecule has 5 heteroatoms. The van der Waals surface area contributed by atoms with E-state index in [1.807, 2.05) is 48.5 Å².